The van der Waals surface area contributed by atoms with E-state index in [1.165, 1.54) is 24.3 Å². The Morgan fingerprint density at radius 1 is 0.906 bits per heavy atom. The zero-order valence-electron chi connectivity index (χ0n) is 16.5. The predicted molar refractivity (Wildman–Crippen MR) is 130 cm³/mol. The molecule has 2 heterocycles. The van der Waals surface area contributed by atoms with Crippen LogP contribution in [-0.2, 0) is 26.6 Å². The second-order valence-electron chi connectivity index (χ2n) is 6.78. The fourth-order valence-electron chi connectivity index (χ4n) is 3.15. The summed E-state index contributed by atoms with van der Waals surface area (Å²) in [4.78, 5) is 0.0250. The summed E-state index contributed by atoms with van der Waals surface area (Å²) >= 11 is 13.2. The first-order chi connectivity index (χ1) is 15.1. The summed E-state index contributed by atoms with van der Waals surface area (Å²) in [5.74, 6) is 0. The minimum Gasteiger partial charge on any atom is -0.348 e. The number of thiophene rings is 1. The lowest BCUT2D eigenvalue weighted by Crippen LogP contribution is -2.17. The van der Waals surface area contributed by atoms with Crippen molar-refractivity contribution in [2.75, 3.05) is 9.44 Å². The fraction of sp³-hybridized carbons (Fsp3) is 0.100. The summed E-state index contributed by atoms with van der Waals surface area (Å²) < 4.78 is 58.4. The summed E-state index contributed by atoms with van der Waals surface area (Å²) in [6.45, 7) is 2.75. The maximum atomic E-state index is 13.1. The Hall–Kier alpha value is -2.24. The van der Waals surface area contributed by atoms with Gasteiger partial charge in [0.15, 0.2) is 0 Å². The molecule has 0 saturated heterocycles. The first-order valence-electron chi connectivity index (χ1n) is 9.28. The summed E-state index contributed by atoms with van der Waals surface area (Å²) in [5, 5.41) is 2.52. The van der Waals surface area contributed by atoms with Crippen molar-refractivity contribution in [1.29, 1.82) is 0 Å². The van der Waals surface area contributed by atoms with Gasteiger partial charge in [0.1, 0.15) is 4.21 Å². The van der Waals surface area contributed by atoms with Gasteiger partial charge in [-0.05, 0) is 54.8 Å². The van der Waals surface area contributed by atoms with Gasteiger partial charge in [0.25, 0.3) is 20.0 Å². The molecule has 2 aromatic heterocycles. The highest BCUT2D eigenvalue weighted by molar-refractivity contribution is 7.94. The second-order valence-corrected chi connectivity index (χ2v) is 12.1. The van der Waals surface area contributed by atoms with Gasteiger partial charge in [-0.15, -0.1) is 11.3 Å². The predicted octanol–water partition coefficient (Wildman–Crippen LogP) is 5.63. The van der Waals surface area contributed by atoms with E-state index in [-0.39, 0.29) is 30.5 Å². The molecule has 0 unspecified atom stereocenters. The number of halogens is 2. The Morgan fingerprint density at radius 2 is 1.56 bits per heavy atom. The van der Waals surface area contributed by atoms with Gasteiger partial charge in [0.2, 0.25) is 0 Å². The topological polar surface area (TPSA) is 97.3 Å². The number of rotatable bonds is 7. The Balaban J connectivity index is 1.72. The molecular formula is C20H17Cl2N3O4S3. The van der Waals surface area contributed by atoms with Crippen LogP contribution in [0.2, 0.25) is 10.0 Å². The van der Waals surface area contributed by atoms with Crippen molar-refractivity contribution in [2.45, 2.75) is 22.6 Å². The number of hydrogen-bond acceptors (Lipinski definition) is 5. The van der Waals surface area contributed by atoms with Crippen molar-refractivity contribution in [3.63, 3.8) is 0 Å². The van der Waals surface area contributed by atoms with E-state index < -0.39 is 20.0 Å². The lowest BCUT2D eigenvalue weighted by molar-refractivity contribution is 0.599. The Kier molecular flexibility index (Phi) is 6.17. The second kappa shape index (κ2) is 8.60. The third-order valence-electron chi connectivity index (χ3n) is 4.70. The van der Waals surface area contributed by atoms with E-state index in [1.807, 2.05) is 23.8 Å². The Bertz CT molecular complexity index is 1510. The molecule has 0 radical (unpaired) electrons. The number of hydrogen-bond donors (Lipinski definition) is 2. The smallest absolute Gasteiger partial charge is 0.271 e. The number of anilines is 2. The SMILES string of the molecule is CCn1ccc2cc(S(=O)(=O)Nc3cc(Cl)c(Cl)cc3NS(=O)(=O)c3cccs3)ccc21. The highest BCUT2D eigenvalue weighted by Gasteiger charge is 2.22. The van der Waals surface area contributed by atoms with Crippen molar-refractivity contribution in [3.05, 3.63) is 70.2 Å². The van der Waals surface area contributed by atoms with Gasteiger partial charge in [-0.1, -0.05) is 29.3 Å². The van der Waals surface area contributed by atoms with Gasteiger partial charge in [-0.2, -0.15) is 0 Å². The van der Waals surface area contributed by atoms with E-state index in [1.54, 1.807) is 23.6 Å². The largest absolute Gasteiger partial charge is 0.348 e. The molecule has 0 aliphatic rings. The molecule has 2 aromatic carbocycles. The minimum absolute atomic E-state index is 0.0250. The lowest BCUT2D eigenvalue weighted by Gasteiger charge is -2.15. The van der Waals surface area contributed by atoms with Crippen LogP contribution in [0.3, 0.4) is 0 Å². The van der Waals surface area contributed by atoms with Crippen molar-refractivity contribution < 1.29 is 16.8 Å². The van der Waals surface area contributed by atoms with Crippen LogP contribution in [-0.4, -0.2) is 21.4 Å². The van der Waals surface area contributed by atoms with Gasteiger partial charge in [0.05, 0.1) is 26.3 Å². The van der Waals surface area contributed by atoms with Crippen LogP contribution in [0.25, 0.3) is 10.9 Å². The van der Waals surface area contributed by atoms with E-state index in [2.05, 4.69) is 9.44 Å². The summed E-state index contributed by atoms with van der Waals surface area (Å²) in [5.41, 5.74) is 0.811. The van der Waals surface area contributed by atoms with E-state index in [0.717, 1.165) is 28.8 Å². The molecule has 0 aliphatic heterocycles. The molecule has 32 heavy (non-hydrogen) atoms. The van der Waals surface area contributed by atoms with Crippen LogP contribution >= 0.6 is 34.5 Å². The molecule has 0 amide bonds. The third-order valence-corrected chi connectivity index (χ3v) is 9.55. The molecule has 2 N–H and O–H groups in total. The molecule has 0 aliphatic carbocycles. The molecule has 4 aromatic rings. The van der Waals surface area contributed by atoms with Gasteiger partial charge < -0.3 is 4.57 Å². The minimum atomic E-state index is -4.06. The van der Waals surface area contributed by atoms with Crippen molar-refractivity contribution in [2.24, 2.45) is 0 Å². The lowest BCUT2D eigenvalue weighted by atomic mass is 10.2. The first-order valence-corrected chi connectivity index (χ1v) is 13.9. The van der Waals surface area contributed by atoms with Gasteiger partial charge in [0, 0.05) is 23.6 Å². The van der Waals surface area contributed by atoms with Crippen LogP contribution in [0.5, 0.6) is 0 Å². The zero-order valence-corrected chi connectivity index (χ0v) is 20.5. The molecule has 0 spiro atoms. The molecule has 7 nitrogen and oxygen atoms in total. The maximum absolute atomic E-state index is 13.1. The van der Waals surface area contributed by atoms with Crippen LogP contribution in [0.1, 0.15) is 6.92 Å². The standard InChI is InChI=1S/C20H17Cl2N3O4S3/c1-2-25-8-7-13-10-14(5-6-19(13)25)31(26,27)23-17-11-15(21)16(22)12-18(17)24-32(28,29)20-4-3-9-30-20/h3-12,23-24H,2H2,1H3. The van der Waals surface area contributed by atoms with E-state index in [4.69, 9.17) is 23.2 Å². The molecule has 0 atom stereocenters. The molecule has 0 fully saturated rings. The van der Waals surface area contributed by atoms with E-state index in [0.29, 0.717) is 0 Å². The number of nitrogens with zero attached hydrogens (tertiary/aromatic N) is 1. The summed E-state index contributed by atoms with van der Waals surface area (Å²) in [7, 11) is -8.00. The Labute approximate surface area is 199 Å². The van der Waals surface area contributed by atoms with Crippen LogP contribution in [0, 0.1) is 0 Å². The molecule has 0 bridgehead atoms. The first kappa shape index (κ1) is 22.9. The van der Waals surface area contributed by atoms with Crippen LogP contribution in [0.4, 0.5) is 11.4 Å². The number of fused-ring (bicyclic) bond motifs is 1. The quantitative estimate of drug-likeness (QED) is 0.324. The number of nitrogens with one attached hydrogen (secondary N) is 2. The van der Waals surface area contributed by atoms with Crippen molar-refractivity contribution >= 4 is 76.9 Å². The van der Waals surface area contributed by atoms with E-state index in [9.17, 15) is 16.8 Å². The molecule has 12 heteroatoms. The number of sulfonamides is 2. The zero-order chi connectivity index (χ0) is 23.1. The highest BCUT2D eigenvalue weighted by Crippen LogP contribution is 2.36. The molecule has 4 rings (SSSR count). The summed E-state index contributed by atoms with van der Waals surface area (Å²) in [6, 6.07) is 12.2. The van der Waals surface area contributed by atoms with Crippen LogP contribution in [0.15, 0.2) is 69.2 Å². The number of aryl methyl sites for hydroxylation is 1. The maximum Gasteiger partial charge on any atom is 0.271 e. The fourth-order valence-corrected chi connectivity index (χ4v) is 6.65. The Morgan fingerprint density at radius 3 is 2.16 bits per heavy atom. The number of aromatic nitrogens is 1. The summed E-state index contributed by atoms with van der Waals surface area (Å²) in [6.07, 6.45) is 1.88. The average molecular weight is 530 g/mol. The molecule has 0 saturated carbocycles. The molecular weight excluding hydrogens is 513 g/mol. The van der Waals surface area contributed by atoms with E-state index >= 15 is 0 Å². The average Bonchev–Trinajstić information content (AvgIpc) is 3.41. The highest BCUT2D eigenvalue weighted by atomic mass is 35.5. The third kappa shape index (κ3) is 4.46. The van der Waals surface area contributed by atoms with Crippen molar-refractivity contribution in [3.8, 4) is 0 Å². The monoisotopic (exact) mass is 529 g/mol. The molecule has 168 valence electrons. The number of benzene rings is 2. The normalized spacial score (nSPS) is 12.2. The van der Waals surface area contributed by atoms with Crippen molar-refractivity contribution in [1.82, 2.24) is 4.57 Å². The van der Waals surface area contributed by atoms with Gasteiger partial charge in [-0.3, -0.25) is 9.44 Å². The van der Waals surface area contributed by atoms with Gasteiger partial charge >= 0.3 is 0 Å². The van der Waals surface area contributed by atoms with Gasteiger partial charge in [-0.25, -0.2) is 16.8 Å². The van der Waals surface area contributed by atoms with Crippen LogP contribution < -0.4 is 9.44 Å².